The number of azo groups is 3. The van der Waals surface area contributed by atoms with Gasteiger partial charge in [0.15, 0.2) is 5.75 Å². The van der Waals surface area contributed by atoms with Crippen LogP contribution in [0.1, 0.15) is 11.1 Å². The van der Waals surface area contributed by atoms with Crippen LogP contribution in [0.15, 0.2) is 162 Å². The fourth-order valence-corrected chi connectivity index (χ4v) is 8.55. The molecular formula is C45H33CuN9O10S2. The van der Waals surface area contributed by atoms with Crippen LogP contribution < -0.4 is 4.74 Å². The molecule has 0 aliphatic heterocycles. The van der Waals surface area contributed by atoms with Crippen molar-refractivity contribution in [3.8, 4) is 22.9 Å². The maximum atomic E-state index is 12.2. The van der Waals surface area contributed by atoms with Crippen LogP contribution in [-0.2, 0) is 43.9 Å². The van der Waals surface area contributed by atoms with Gasteiger partial charge in [-0.05, 0) is 95.4 Å². The maximum Gasteiger partial charge on any atom is 0.295 e. The Labute approximate surface area is 390 Å². The summed E-state index contributed by atoms with van der Waals surface area (Å²) < 4.78 is 73.4. The summed E-state index contributed by atoms with van der Waals surface area (Å²) in [7, 11) is -8.32. The van der Waals surface area contributed by atoms with Crippen LogP contribution in [0.2, 0.25) is 0 Å². The standard InChI is InChI=1S/C45H33N9O10S2.Cu/c1-24-15-40(42(64-2)22-37(24)48-46-29-9-7-25-5-3-4-6-26(25)16-29)51-49-38-21-41(56)39(18-28(38)23-55)50-47-36-13-8-27-17-30(10-11-32(27)45(36)57)54-52-35-14-12-33-34(44(35)53-54)19-31(65(58,59)60)20-43(33)66(61,62)63;/h3-22,55-57H,23H2,1-2H3,(H,58,59,60)(H,61,62,63);. The van der Waals surface area contributed by atoms with Crippen molar-refractivity contribution in [3.63, 3.8) is 0 Å². The van der Waals surface area contributed by atoms with E-state index in [4.69, 9.17) is 4.74 Å². The molecule has 0 atom stereocenters. The molecule has 22 heteroatoms. The van der Waals surface area contributed by atoms with Crippen molar-refractivity contribution in [2.24, 2.45) is 30.7 Å². The van der Waals surface area contributed by atoms with Crippen molar-refractivity contribution < 1.29 is 63.1 Å². The van der Waals surface area contributed by atoms with Gasteiger partial charge in [0.25, 0.3) is 20.2 Å². The van der Waals surface area contributed by atoms with E-state index in [9.17, 15) is 41.3 Å². The molecular weight excluding hydrogens is 954 g/mol. The van der Waals surface area contributed by atoms with Gasteiger partial charge >= 0.3 is 0 Å². The Balaban J connectivity index is 0.00000608. The third kappa shape index (κ3) is 9.18. The fourth-order valence-electron chi connectivity index (χ4n) is 7.21. The van der Waals surface area contributed by atoms with Crippen LogP contribution in [0.3, 0.4) is 0 Å². The van der Waals surface area contributed by atoms with Crippen molar-refractivity contribution in [3.05, 3.63) is 132 Å². The third-order valence-electron chi connectivity index (χ3n) is 10.6. The number of hydrogen-bond acceptors (Lipinski definition) is 16. The predicted octanol–water partition coefficient (Wildman–Crippen LogP) is 10.8. The molecule has 0 spiro atoms. The molecule has 0 amide bonds. The van der Waals surface area contributed by atoms with E-state index in [0.29, 0.717) is 45.3 Å². The molecule has 0 bridgehead atoms. The minimum atomic E-state index is -4.92. The molecule has 341 valence electrons. The van der Waals surface area contributed by atoms with Crippen LogP contribution in [0.25, 0.3) is 49.0 Å². The van der Waals surface area contributed by atoms with E-state index in [1.54, 1.807) is 36.4 Å². The second kappa shape index (κ2) is 18.0. The number of benzene rings is 8. The van der Waals surface area contributed by atoms with Gasteiger partial charge < -0.3 is 20.1 Å². The first-order valence-corrected chi connectivity index (χ1v) is 22.4. The van der Waals surface area contributed by atoms with Crippen LogP contribution >= 0.6 is 0 Å². The summed E-state index contributed by atoms with van der Waals surface area (Å²) in [6.07, 6.45) is 0. The first kappa shape index (κ1) is 46.0. The van der Waals surface area contributed by atoms with E-state index >= 15 is 0 Å². The van der Waals surface area contributed by atoms with E-state index in [1.807, 2.05) is 49.4 Å². The topological polar surface area (TPSA) is 284 Å². The van der Waals surface area contributed by atoms with Crippen LogP contribution in [0.5, 0.6) is 17.2 Å². The molecule has 8 aromatic carbocycles. The molecule has 19 nitrogen and oxygen atoms in total. The zero-order valence-corrected chi connectivity index (χ0v) is 37.2. The first-order valence-electron chi connectivity index (χ1n) is 19.5. The Morgan fingerprint density at radius 2 is 1.31 bits per heavy atom. The van der Waals surface area contributed by atoms with Gasteiger partial charge in [0.2, 0.25) is 0 Å². The maximum absolute atomic E-state index is 12.2. The van der Waals surface area contributed by atoms with E-state index in [2.05, 4.69) is 40.9 Å². The first-order chi connectivity index (χ1) is 31.6. The van der Waals surface area contributed by atoms with Gasteiger partial charge in [-0.25, -0.2) is 0 Å². The zero-order valence-electron chi connectivity index (χ0n) is 34.7. The summed E-state index contributed by atoms with van der Waals surface area (Å²) in [4.78, 5) is -0.300. The zero-order chi connectivity index (χ0) is 46.5. The largest absolute Gasteiger partial charge is 0.506 e. The summed E-state index contributed by atoms with van der Waals surface area (Å²) in [6, 6.07) is 32.2. The normalized spacial score (nSPS) is 12.4. The second-order valence-corrected chi connectivity index (χ2v) is 17.6. The monoisotopic (exact) mass is 986 g/mol. The summed E-state index contributed by atoms with van der Waals surface area (Å²) in [5.74, 6) is -0.222. The number of phenolic OH excluding ortho intramolecular Hbond substituents is 2. The van der Waals surface area contributed by atoms with Crippen LogP contribution in [0, 0.1) is 6.92 Å². The molecule has 5 N–H and O–H groups in total. The minimum Gasteiger partial charge on any atom is -0.506 e. The van der Waals surface area contributed by atoms with Gasteiger partial charge in [0.05, 0.1) is 41.4 Å². The number of aliphatic hydroxyl groups excluding tert-OH is 1. The van der Waals surface area contributed by atoms with Crippen molar-refractivity contribution in [1.82, 2.24) is 15.0 Å². The Morgan fingerprint density at radius 3 is 2.06 bits per heavy atom. The molecule has 67 heavy (non-hydrogen) atoms. The Hall–Kier alpha value is -7.56. The number of nitrogens with zero attached hydrogens (tertiary/aromatic N) is 9. The molecule has 1 radical (unpaired) electrons. The number of aryl methyl sites for hydroxylation is 1. The van der Waals surface area contributed by atoms with Gasteiger partial charge in [-0.3, -0.25) is 9.11 Å². The number of aromatic nitrogens is 3. The third-order valence-corrected chi connectivity index (χ3v) is 12.3. The number of rotatable bonds is 11. The number of aliphatic hydroxyl groups is 1. The Kier molecular flexibility index (Phi) is 12.4. The van der Waals surface area contributed by atoms with Crippen molar-refractivity contribution in [2.75, 3.05) is 7.11 Å². The molecule has 1 heterocycles. The van der Waals surface area contributed by atoms with E-state index < -0.39 is 36.6 Å². The quantitative estimate of drug-likeness (QED) is 0.0459. The molecule has 0 unspecified atom stereocenters. The average molecular weight is 987 g/mol. The van der Waals surface area contributed by atoms with Gasteiger partial charge in [-0.15, -0.1) is 30.7 Å². The molecule has 0 aliphatic carbocycles. The molecule has 0 fully saturated rings. The van der Waals surface area contributed by atoms with Gasteiger partial charge in [-0.1, -0.05) is 42.5 Å². The van der Waals surface area contributed by atoms with E-state index in [-0.39, 0.29) is 73.0 Å². The number of methoxy groups -OCH3 is 1. The number of fused-ring (bicyclic) bond motifs is 5. The molecule has 9 rings (SSSR count). The fraction of sp³-hybridized carbons (Fsp3) is 0.0667. The molecule has 0 saturated heterocycles. The summed E-state index contributed by atoms with van der Waals surface area (Å²) in [6.45, 7) is 1.36. The summed E-state index contributed by atoms with van der Waals surface area (Å²) >= 11 is 0. The average Bonchev–Trinajstić information content (AvgIpc) is 3.75. The Morgan fingerprint density at radius 1 is 0.612 bits per heavy atom. The number of ether oxygens (including phenoxy) is 1. The molecule has 1 aromatic heterocycles. The second-order valence-electron chi connectivity index (χ2n) is 14.8. The molecule has 0 saturated carbocycles. The minimum absolute atomic E-state index is 0. The van der Waals surface area contributed by atoms with Gasteiger partial charge in [0.1, 0.15) is 44.5 Å². The Bertz CT molecular complexity index is 3810. The summed E-state index contributed by atoms with van der Waals surface area (Å²) in [5.41, 5.74) is 3.49. The number of aromatic hydroxyl groups is 2. The smallest absolute Gasteiger partial charge is 0.295 e. The van der Waals surface area contributed by atoms with Crippen molar-refractivity contribution >= 4 is 97.7 Å². The number of hydrogen-bond donors (Lipinski definition) is 5. The predicted molar refractivity (Wildman–Crippen MR) is 243 cm³/mol. The number of phenols is 2. The van der Waals surface area contributed by atoms with Crippen molar-refractivity contribution in [2.45, 2.75) is 23.3 Å². The SMILES string of the molecule is COc1cc(N=Nc2ccc3ccccc3c2)c(C)cc1N=Nc1cc(O)c(N=Nc2ccc3cc(-n4nc5ccc6c(S(=O)(=O)O)cc(S(=O)(=O)O)cc6c5n4)ccc3c2O)cc1CO.[Cu]. The summed E-state index contributed by atoms with van der Waals surface area (Å²) in [5, 5.41) is 70.0. The van der Waals surface area contributed by atoms with Crippen LogP contribution in [-0.4, -0.2) is 63.4 Å². The van der Waals surface area contributed by atoms with E-state index in [1.165, 1.54) is 42.2 Å². The van der Waals surface area contributed by atoms with Gasteiger partial charge in [-0.2, -0.15) is 31.9 Å². The van der Waals surface area contributed by atoms with Crippen LogP contribution in [0.4, 0.5) is 34.1 Å². The van der Waals surface area contributed by atoms with Crippen molar-refractivity contribution in [1.29, 1.82) is 0 Å². The molecule has 0 aliphatic rings. The van der Waals surface area contributed by atoms with E-state index in [0.717, 1.165) is 22.4 Å². The molecule has 9 aromatic rings. The van der Waals surface area contributed by atoms with Gasteiger partial charge in [0, 0.05) is 50.9 Å².